The molecule has 2 aliphatic rings. The van der Waals surface area contributed by atoms with Crippen LogP contribution in [0.1, 0.15) is 51.4 Å². The first-order valence-corrected chi connectivity index (χ1v) is 8.45. The summed E-state index contributed by atoms with van der Waals surface area (Å²) >= 11 is 0. The molecule has 0 atom stereocenters. The van der Waals surface area contributed by atoms with Gasteiger partial charge in [0, 0.05) is 0 Å². The molecule has 0 heterocycles. The average Bonchev–Trinajstić information content (AvgIpc) is 2.54. The van der Waals surface area contributed by atoms with Gasteiger partial charge >= 0.3 is 0 Å². The van der Waals surface area contributed by atoms with E-state index in [1.165, 1.54) is 51.4 Å². The van der Waals surface area contributed by atoms with Crippen LogP contribution in [0.2, 0.25) is 0 Å². The van der Waals surface area contributed by atoms with Crippen molar-refractivity contribution < 1.29 is 0 Å². The first-order valence-electron chi connectivity index (χ1n) is 8.45. The Morgan fingerprint density at radius 1 is 0.600 bits per heavy atom. The summed E-state index contributed by atoms with van der Waals surface area (Å²) in [6.45, 7) is 3.22. The van der Waals surface area contributed by atoms with Gasteiger partial charge in [0.05, 0.1) is 0 Å². The van der Waals surface area contributed by atoms with Crippen molar-refractivity contribution in [2.75, 3.05) is 26.2 Å². The average molecular weight is 282 g/mol. The van der Waals surface area contributed by atoms with Crippen LogP contribution in [-0.4, -0.2) is 26.2 Å². The molecule has 2 fully saturated rings. The molecule has 2 aliphatic carbocycles. The number of hydrogen-bond acceptors (Lipinski definition) is 4. The molecule has 0 aromatic carbocycles. The van der Waals surface area contributed by atoms with Gasteiger partial charge in [-0.3, -0.25) is 0 Å². The van der Waals surface area contributed by atoms with E-state index in [1.807, 2.05) is 0 Å². The van der Waals surface area contributed by atoms with Crippen molar-refractivity contribution in [3.63, 3.8) is 0 Å². The first kappa shape index (κ1) is 16.2. The van der Waals surface area contributed by atoms with E-state index in [2.05, 4.69) is 0 Å². The molecule has 8 N–H and O–H groups in total. The summed E-state index contributed by atoms with van der Waals surface area (Å²) in [6.07, 6.45) is 9.80. The lowest BCUT2D eigenvalue weighted by molar-refractivity contribution is -0.0389. The van der Waals surface area contributed by atoms with Gasteiger partial charge in [-0.05, 0) is 100 Å². The molecule has 2 saturated carbocycles. The molecule has 0 saturated heterocycles. The van der Waals surface area contributed by atoms with E-state index < -0.39 is 0 Å². The van der Waals surface area contributed by atoms with Gasteiger partial charge in [-0.2, -0.15) is 0 Å². The fraction of sp³-hybridized carbons (Fsp3) is 1.00. The standard InChI is InChI=1S/C16H34N4/c17-9-13-1-5-15(11-19,6-2-13)16(12-20)7-3-14(10-18)4-8-16/h13-14H,1-12,17-20H2. The van der Waals surface area contributed by atoms with Crippen LogP contribution in [0.15, 0.2) is 0 Å². The van der Waals surface area contributed by atoms with Gasteiger partial charge in [0.15, 0.2) is 0 Å². The van der Waals surface area contributed by atoms with Crippen molar-refractivity contribution in [3.05, 3.63) is 0 Å². The van der Waals surface area contributed by atoms with E-state index in [4.69, 9.17) is 22.9 Å². The van der Waals surface area contributed by atoms with Crippen molar-refractivity contribution >= 4 is 0 Å². The second kappa shape index (κ2) is 6.73. The zero-order valence-electron chi connectivity index (χ0n) is 12.9. The topological polar surface area (TPSA) is 104 Å². The Bertz CT molecular complexity index is 259. The maximum absolute atomic E-state index is 6.27. The van der Waals surface area contributed by atoms with Gasteiger partial charge in [0.2, 0.25) is 0 Å². The zero-order chi connectivity index (χ0) is 14.6. The van der Waals surface area contributed by atoms with Gasteiger partial charge in [0.1, 0.15) is 0 Å². The predicted molar refractivity (Wildman–Crippen MR) is 85.0 cm³/mol. The molecule has 0 aromatic heterocycles. The van der Waals surface area contributed by atoms with E-state index in [0.29, 0.717) is 11.8 Å². The Morgan fingerprint density at radius 2 is 0.900 bits per heavy atom. The van der Waals surface area contributed by atoms with Gasteiger partial charge in [-0.15, -0.1) is 0 Å². The highest BCUT2D eigenvalue weighted by Gasteiger charge is 2.51. The molecule has 0 amide bonds. The van der Waals surface area contributed by atoms with Crippen LogP contribution >= 0.6 is 0 Å². The minimum Gasteiger partial charge on any atom is -0.330 e. The summed E-state index contributed by atoms with van der Waals surface area (Å²) in [6, 6.07) is 0. The van der Waals surface area contributed by atoms with Crippen molar-refractivity contribution in [1.29, 1.82) is 0 Å². The molecular weight excluding hydrogens is 248 g/mol. The second-order valence-corrected chi connectivity index (χ2v) is 7.33. The summed E-state index contributed by atoms with van der Waals surface area (Å²) in [4.78, 5) is 0. The van der Waals surface area contributed by atoms with Crippen molar-refractivity contribution in [2.24, 2.45) is 45.6 Å². The highest BCUT2D eigenvalue weighted by Crippen LogP contribution is 2.57. The van der Waals surface area contributed by atoms with E-state index in [1.54, 1.807) is 0 Å². The lowest BCUT2D eigenvalue weighted by atomic mass is 9.50. The Balaban J connectivity index is 2.12. The highest BCUT2D eigenvalue weighted by molar-refractivity contribution is 5.03. The molecule has 0 bridgehead atoms. The van der Waals surface area contributed by atoms with Crippen LogP contribution in [0.3, 0.4) is 0 Å². The monoisotopic (exact) mass is 282 g/mol. The predicted octanol–water partition coefficient (Wildman–Crippen LogP) is 1.17. The summed E-state index contributed by atoms with van der Waals surface area (Å²) < 4.78 is 0. The molecule has 0 aromatic rings. The van der Waals surface area contributed by atoms with Gasteiger partial charge < -0.3 is 22.9 Å². The molecule has 20 heavy (non-hydrogen) atoms. The molecule has 0 unspecified atom stereocenters. The summed E-state index contributed by atoms with van der Waals surface area (Å²) in [5.74, 6) is 1.40. The van der Waals surface area contributed by atoms with Crippen molar-refractivity contribution in [3.8, 4) is 0 Å². The molecule has 4 nitrogen and oxygen atoms in total. The van der Waals surface area contributed by atoms with Crippen LogP contribution < -0.4 is 22.9 Å². The minimum atomic E-state index is 0.257. The lowest BCUT2D eigenvalue weighted by Crippen LogP contribution is -2.55. The quantitative estimate of drug-likeness (QED) is 0.607. The molecular formula is C16H34N4. The Hall–Kier alpha value is -0.160. The fourth-order valence-electron chi connectivity index (χ4n) is 4.83. The van der Waals surface area contributed by atoms with Crippen LogP contribution in [0.4, 0.5) is 0 Å². The molecule has 0 aliphatic heterocycles. The molecule has 2 rings (SSSR count). The normalized spacial score (nSPS) is 42.6. The smallest absolute Gasteiger partial charge is 0.00147 e. The first-order chi connectivity index (χ1) is 9.65. The minimum absolute atomic E-state index is 0.257. The van der Waals surface area contributed by atoms with Gasteiger partial charge in [0.25, 0.3) is 0 Å². The highest BCUT2D eigenvalue weighted by atomic mass is 14.7. The Labute approximate surface area is 124 Å². The Kier molecular flexibility index (Phi) is 5.46. The number of hydrogen-bond donors (Lipinski definition) is 4. The zero-order valence-corrected chi connectivity index (χ0v) is 12.9. The van der Waals surface area contributed by atoms with Crippen molar-refractivity contribution in [1.82, 2.24) is 0 Å². The third-order valence-corrected chi connectivity index (χ3v) is 6.70. The van der Waals surface area contributed by atoms with Crippen LogP contribution in [-0.2, 0) is 0 Å². The van der Waals surface area contributed by atoms with E-state index in [0.717, 1.165) is 26.2 Å². The Morgan fingerprint density at radius 3 is 1.10 bits per heavy atom. The van der Waals surface area contributed by atoms with E-state index >= 15 is 0 Å². The van der Waals surface area contributed by atoms with Crippen LogP contribution in [0, 0.1) is 22.7 Å². The molecule has 4 heteroatoms. The lowest BCUT2D eigenvalue weighted by Gasteiger charge is -2.56. The fourth-order valence-corrected chi connectivity index (χ4v) is 4.83. The number of rotatable bonds is 5. The molecule has 118 valence electrons. The van der Waals surface area contributed by atoms with E-state index in [9.17, 15) is 0 Å². The molecule has 0 spiro atoms. The van der Waals surface area contributed by atoms with Crippen LogP contribution in [0.5, 0.6) is 0 Å². The second-order valence-electron chi connectivity index (χ2n) is 7.33. The molecule has 0 radical (unpaired) electrons. The van der Waals surface area contributed by atoms with E-state index in [-0.39, 0.29) is 10.8 Å². The maximum Gasteiger partial charge on any atom is -0.00147 e. The van der Waals surface area contributed by atoms with Crippen molar-refractivity contribution in [2.45, 2.75) is 51.4 Å². The largest absolute Gasteiger partial charge is 0.330 e. The summed E-state index contributed by atoms with van der Waals surface area (Å²) in [7, 11) is 0. The summed E-state index contributed by atoms with van der Waals surface area (Å²) in [5.41, 5.74) is 24.7. The third-order valence-electron chi connectivity index (χ3n) is 6.70. The maximum atomic E-state index is 6.27. The SMILES string of the molecule is NCC1CCC(CN)(C2(CN)CCC(CN)CC2)CC1. The van der Waals surface area contributed by atoms with Gasteiger partial charge in [-0.25, -0.2) is 0 Å². The number of nitrogens with two attached hydrogens (primary N) is 4. The summed E-state index contributed by atoms with van der Waals surface area (Å²) in [5, 5.41) is 0. The van der Waals surface area contributed by atoms with Crippen LogP contribution in [0.25, 0.3) is 0 Å². The van der Waals surface area contributed by atoms with Gasteiger partial charge in [-0.1, -0.05) is 0 Å². The third kappa shape index (κ3) is 2.76.